The molecule has 2 aromatic carbocycles. The average Bonchev–Trinajstić information content (AvgIpc) is 2.72. The third-order valence-electron chi connectivity index (χ3n) is 4.60. The second-order valence-corrected chi connectivity index (χ2v) is 7.32. The van der Waals surface area contributed by atoms with E-state index in [1.807, 2.05) is 51.2 Å². The van der Waals surface area contributed by atoms with E-state index in [2.05, 4.69) is 31.9 Å². The molecule has 0 atom stereocenters. The Labute approximate surface area is 174 Å². The van der Waals surface area contributed by atoms with E-state index in [9.17, 15) is 9.59 Å². The first kappa shape index (κ1) is 21.7. The van der Waals surface area contributed by atoms with Crippen LogP contribution in [0.4, 0.5) is 5.69 Å². The van der Waals surface area contributed by atoms with Crippen molar-refractivity contribution in [3.63, 3.8) is 0 Å². The summed E-state index contributed by atoms with van der Waals surface area (Å²) in [7, 11) is 3.44. The minimum Gasteiger partial charge on any atom is -0.388 e. The van der Waals surface area contributed by atoms with Gasteiger partial charge >= 0.3 is 0 Å². The van der Waals surface area contributed by atoms with Gasteiger partial charge in [-0.3, -0.25) is 9.59 Å². The van der Waals surface area contributed by atoms with E-state index in [1.165, 1.54) is 0 Å². The summed E-state index contributed by atoms with van der Waals surface area (Å²) in [4.78, 5) is 24.7. The Kier molecular flexibility index (Phi) is 7.81. The second kappa shape index (κ2) is 10.1. The molecule has 2 aromatic rings. The monoisotopic (exact) mass is 443 g/mol. The van der Waals surface area contributed by atoms with E-state index in [0.717, 1.165) is 33.3 Å². The highest BCUT2D eigenvalue weighted by atomic mass is 79.9. The predicted molar refractivity (Wildman–Crippen MR) is 118 cm³/mol. The molecule has 0 radical (unpaired) electrons. The predicted octanol–water partition coefficient (Wildman–Crippen LogP) is 4.35. The summed E-state index contributed by atoms with van der Waals surface area (Å²) in [5, 5.41) is 8.76. The van der Waals surface area contributed by atoms with Crippen LogP contribution in [0.1, 0.15) is 41.8 Å². The van der Waals surface area contributed by atoms with Crippen LogP contribution in [0.3, 0.4) is 0 Å². The summed E-state index contributed by atoms with van der Waals surface area (Å²) >= 11 is 3.50. The zero-order valence-electron chi connectivity index (χ0n) is 16.7. The van der Waals surface area contributed by atoms with Gasteiger partial charge in [0.25, 0.3) is 11.8 Å². The first-order valence-corrected chi connectivity index (χ1v) is 9.97. The van der Waals surface area contributed by atoms with E-state index in [4.69, 9.17) is 0 Å². The first-order valence-electron chi connectivity index (χ1n) is 9.17. The first-order chi connectivity index (χ1) is 13.4. The van der Waals surface area contributed by atoms with Crippen molar-refractivity contribution in [3.05, 3.63) is 69.2 Å². The maximum Gasteiger partial charge on any atom is 0.252 e. The molecule has 2 rings (SSSR count). The lowest BCUT2D eigenvalue weighted by atomic mass is 9.96. The van der Waals surface area contributed by atoms with Crippen LogP contribution in [0.25, 0.3) is 5.57 Å². The van der Waals surface area contributed by atoms with Gasteiger partial charge in [-0.15, -0.1) is 0 Å². The van der Waals surface area contributed by atoms with E-state index in [-0.39, 0.29) is 11.8 Å². The maximum atomic E-state index is 13.0. The fourth-order valence-corrected chi connectivity index (χ4v) is 3.21. The van der Waals surface area contributed by atoms with Gasteiger partial charge in [0.15, 0.2) is 0 Å². The Hall–Kier alpha value is -2.60. The fourth-order valence-electron chi connectivity index (χ4n) is 2.85. The highest BCUT2D eigenvalue weighted by Gasteiger charge is 2.18. The molecular formula is C22H26BrN3O2. The minimum absolute atomic E-state index is 0.121. The number of amides is 2. The number of allylic oxidation sites excluding steroid dienone is 1. The van der Waals surface area contributed by atoms with Crippen LogP contribution >= 0.6 is 15.9 Å². The Morgan fingerprint density at radius 3 is 2.29 bits per heavy atom. The average molecular weight is 444 g/mol. The third kappa shape index (κ3) is 5.23. The van der Waals surface area contributed by atoms with E-state index < -0.39 is 0 Å². The van der Waals surface area contributed by atoms with Crippen molar-refractivity contribution in [2.24, 2.45) is 0 Å². The number of rotatable bonds is 7. The van der Waals surface area contributed by atoms with Gasteiger partial charge in [-0.1, -0.05) is 40.6 Å². The topological polar surface area (TPSA) is 70.2 Å². The number of anilines is 1. The molecule has 0 spiro atoms. The lowest BCUT2D eigenvalue weighted by molar-refractivity contribution is -0.115. The van der Waals surface area contributed by atoms with Gasteiger partial charge in [-0.25, -0.2) is 0 Å². The van der Waals surface area contributed by atoms with Gasteiger partial charge in [0.1, 0.15) is 0 Å². The van der Waals surface area contributed by atoms with Crippen molar-refractivity contribution in [2.45, 2.75) is 26.8 Å². The van der Waals surface area contributed by atoms with Crippen LogP contribution in [-0.2, 0) is 11.3 Å². The summed E-state index contributed by atoms with van der Waals surface area (Å²) in [5.41, 5.74) is 4.97. The van der Waals surface area contributed by atoms with Crippen molar-refractivity contribution in [1.29, 1.82) is 0 Å². The zero-order valence-corrected chi connectivity index (χ0v) is 18.2. The molecule has 28 heavy (non-hydrogen) atoms. The molecule has 0 saturated carbocycles. The molecule has 0 bridgehead atoms. The molecule has 0 saturated heterocycles. The van der Waals surface area contributed by atoms with Gasteiger partial charge in [0.05, 0.1) is 0 Å². The molecule has 0 aliphatic carbocycles. The van der Waals surface area contributed by atoms with Crippen molar-refractivity contribution >= 4 is 39.0 Å². The Bertz CT molecular complexity index is 889. The number of nitrogens with one attached hydrogen (secondary N) is 3. The molecule has 148 valence electrons. The van der Waals surface area contributed by atoms with Crippen LogP contribution in [0.5, 0.6) is 0 Å². The normalized spacial score (nSPS) is 11.5. The van der Waals surface area contributed by atoms with Crippen molar-refractivity contribution in [2.75, 3.05) is 19.4 Å². The largest absolute Gasteiger partial charge is 0.388 e. The van der Waals surface area contributed by atoms with E-state index in [1.54, 1.807) is 19.2 Å². The summed E-state index contributed by atoms with van der Waals surface area (Å²) in [6.07, 6.45) is 0.777. The molecule has 0 fully saturated rings. The van der Waals surface area contributed by atoms with Crippen molar-refractivity contribution < 1.29 is 9.59 Å². The number of hydrogen-bond donors (Lipinski definition) is 3. The minimum atomic E-state index is -0.131. The molecule has 0 aliphatic rings. The van der Waals surface area contributed by atoms with Gasteiger partial charge in [-0.05, 0) is 49.2 Å². The number of carbonyl (C=O) groups excluding carboxylic acids is 2. The lowest BCUT2D eigenvalue weighted by Crippen LogP contribution is -2.25. The Balaban J connectivity index is 2.24. The Morgan fingerprint density at radius 2 is 1.71 bits per heavy atom. The van der Waals surface area contributed by atoms with Crippen molar-refractivity contribution in [1.82, 2.24) is 10.6 Å². The standard InChI is InChI=1S/C22H26BrN3O2/c1-5-14(2)20(18-12-17(23)10-11-19(18)24-3)22(28)26-13-15-6-8-16(9-7-15)21(27)25-4/h6-12,24H,5,13H2,1-4H3,(H,25,27)(H,26,28). The van der Waals surface area contributed by atoms with E-state index >= 15 is 0 Å². The molecule has 3 N–H and O–H groups in total. The molecule has 6 heteroatoms. The number of hydrogen-bond acceptors (Lipinski definition) is 3. The molecule has 0 aromatic heterocycles. The number of benzene rings is 2. The fraction of sp³-hybridized carbons (Fsp3) is 0.273. The third-order valence-corrected chi connectivity index (χ3v) is 5.09. The summed E-state index contributed by atoms with van der Waals surface area (Å²) in [6.45, 7) is 4.40. The van der Waals surface area contributed by atoms with Gasteiger partial charge in [-0.2, -0.15) is 0 Å². The van der Waals surface area contributed by atoms with Crippen molar-refractivity contribution in [3.8, 4) is 0 Å². The van der Waals surface area contributed by atoms with Gasteiger partial charge in [0, 0.05) is 47.5 Å². The SMILES string of the molecule is CCC(C)=C(C(=O)NCc1ccc(C(=O)NC)cc1)c1cc(Br)ccc1NC. The highest BCUT2D eigenvalue weighted by molar-refractivity contribution is 9.10. The highest BCUT2D eigenvalue weighted by Crippen LogP contribution is 2.30. The molecule has 0 unspecified atom stereocenters. The van der Waals surface area contributed by atoms with Crippen LogP contribution in [0.2, 0.25) is 0 Å². The van der Waals surface area contributed by atoms with Gasteiger partial charge < -0.3 is 16.0 Å². The van der Waals surface area contributed by atoms with E-state index in [0.29, 0.717) is 17.7 Å². The number of carbonyl (C=O) groups is 2. The van der Waals surface area contributed by atoms with Crippen LogP contribution in [0, 0.1) is 0 Å². The second-order valence-electron chi connectivity index (χ2n) is 6.41. The molecule has 0 heterocycles. The quantitative estimate of drug-likeness (QED) is 0.557. The summed E-state index contributed by atoms with van der Waals surface area (Å²) in [5.74, 6) is -0.252. The Morgan fingerprint density at radius 1 is 1.04 bits per heavy atom. The summed E-state index contributed by atoms with van der Waals surface area (Å²) < 4.78 is 0.917. The smallest absolute Gasteiger partial charge is 0.252 e. The van der Waals surface area contributed by atoms with Crippen LogP contribution < -0.4 is 16.0 Å². The molecule has 0 aliphatic heterocycles. The molecular weight excluding hydrogens is 418 g/mol. The van der Waals surface area contributed by atoms with Crippen LogP contribution in [-0.4, -0.2) is 25.9 Å². The summed E-state index contributed by atoms with van der Waals surface area (Å²) in [6, 6.07) is 13.0. The van der Waals surface area contributed by atoms with Crippen LogP contribution in [0.15, 0.2) is 52.5 Å². The maximum absolute atomic E-state index is 13.0. The van der Waals surface area contributed by atoms with Gasteiger partial charge in [0.2, 0.25) is 0 Å². The molecule has 2 amide bonds. The number of halogens is 1. The zero-order chi connectivity index (χ0) is 20.7. The lowest BCUT2D eigenvalue weighted by Gasteiger charge is -2.16. The molecule has 5 nitrogen and oxygen atoms in total.